The lowest BCUT2D eigenvalue weighted by Gasteiger charge is -2.06. The number of esters is 2. The average Bonchev–Trinajstić information content (AvgIpc) is 2.78. The van der Waals surface area contributed by atoms with Crippen molar-refractivity contribution in [2.45, 2.75) is 116 Å². The molecule has 0 heterocycles. The average molecular weight is 466 g/mol. The van der Waals surface area contributed by atoms with E-state index in [0.717, 1.165) is 64.2 Å². The third-order valence-corrected chi connectivity index (χ3v) is 5.42. The van der Waals surface area contributed by atoms with Gasteiger partial charge in [-0.2, -0.15) is 0 Å². The summed E-state index contributed by atoms with van der Waals surface area (Å²) in [5.41, 5.74) is 0.447. The van der Waals surface area contributed by atoms with Crippen LogP contribution < -0.4 is 5.32 Å². The summed E-state index contributed by atoms with van der Waals surface area (Å²) in [5, 5.41) is 2.66. The molecule has 0 radical (unpaired) electrons. The van der Waals surface area contributed by atoms with Gasteiger partial charge in [0.15, 0.2) is 0 Å². The van der Waals surface area contributed by atoms with Gasteiger partial charge in [0.25, 0.3) is 0 Å². The first-order chi connectivity index (χ1) is 16.0. The van der Waals surface area contributed by atoms with Crippen molar-refractivity contribution >= 4 is 18.0 Å². The van der Waals surface area contributed by atoms with Crippen LogP contribution in [0.1, 0.15) is 116 Å². The second kappa shape index (κ2) is 23.1. The second-order valence-corrected chi connectivity index (χ2v) is 8.74. The van der Waals surface area contributed by atoms with Crippen molar-refractivity contribution in [2.24, 2.45) is 0 Å². The summed E-state index contributed by atoms with van der Waals surface area (Å²) in [7, 11) is 0. The van der Waals surface area contributed by atoms with Crippen LogP contribution in [-0.2, 0) is 19.1 Å². The summed E-state index contributed by atoms with van der Waals surface area (Å²) in [6, 6.07) is 0. The number of hydrogen-bond acceptors (Lipinski definition) is 5. The summed E-state index contributed by atoms with van der Waals surface area (Å²) in [6.45, 7) is 9.94. The fourth-order valence-electron chi connectivity index (χ4n) is 3.40. The molecule has 0 aromatic carbocycles. The Morgan fingerprint density at radius 1 is 0.758 bits per heavy atom. The van der Waals surface area contributed by atoms with Crippen LogP contribution in [0.4, 0.5) is 4.79 Å². The highest BCUT2D eigenvalue weighted by Gasteiger charge is 2.09. The molecule has 6 nitrogen and oxygen atoms in total. The maximum absolute atomic E-state index is 11.7. The Hall–Kier alpha value is -2.11. The quantitative estimate of drug-likeness (QED) is 0.0602. The Morgan fingerprint density at radius 3 is 1.85 bits per heavy atom. The number of amides is 1. The highest BCUT2D eigenvalue weighted by atomic mass is 16.6. The first-order valence-corrected chi connectivity index (χ1v) is 12.9. The molecule has 0 fully saturated rings. The minimum absolute atomic E-state index is 0.305. The van der Waals surface area contributed by atoms with Gasteiger partial charge in [-0.25, -0.2) is 9.59 Å². The van der Waals surface area contributed by atoms with Gasteiger partial charge in [0, 0.05) is 18.5 Å². The Balaban J connectivity index is 3.35. The van der Waals surface area contributed by atoms with Gasteiger partial charge in [-0.15, -0.1) is 6.58 Å². The van der Waals surface area contributed by atoms with Crippen molar-refractivity contribution < 1.29 is 23.9 Å². The fourth-order valence-corrected chi connectivity index (χ4v) is 3.40. The number of rotatable bonds is 22. The molecule has 0 aromatic rings. The van der Waals surface area contributed by atoms with E-state index in [0.29, 0.717) is 25.1 Å². The summed E-state index contributed by atoms with van der Waals surface area (Å²) in [4.78, 5) is 34.6. The number of nitrogens with one attached hydrogen (secondary N) is 1. The molecule has 6 heteroatoms. The van der Waals surface area contributed by atoms with Gasteiger partial charge in [-0.05, 0) is 39.0 Å². The number of carbonyl (C=O) groups excluding carboxylic acids is 3. The standard InChI is InChI=1S/C27H47NO5/c1-4-5-6-7-8-12-15-18-21-25(29)33-27(31)28-22-19-16-13-10-9-11-14-17-20-23-32-26(30)24(2)3/h4H,1-2,5-23H2,3H3,(H,28,31). The number of ether oxygens (including phenoxy) is 2. The van der Waals surface area contributed by atoms with Crippen LogP contribution in [0.15, 0.2) is 24.8 Å². The molecule has 1 N–H and O–H groups in total. The van der Waals surface area contributed by atoms with Gasteiger partial charge < -0.3 is 14.8 Å². The number of alkyl carbamates (subject to hydrolysis) is 1. The van der Waals surface area contributed by atoms with Crippen molar-refractivity contribution in [1.29, 1.82) is 0 Å². The topological polar surface area (TPSA) is 81.7 Å². The molecule has 0 rings (SSSR count). The summed E-state index contributed by atoms with van der Waals surface area (Å²) in [5.74, 6) is -0.742. The van der Waals surface area contributed by atoms with E-state index in [1.807, 2.05) is 6.08 Å². The molecule has 0 aliphatic heterocycles. The SMILES string of the molecule is C=CCCCCCCCCC(=O)OC(=O)NCCCCCCCCCCCOC(=O)C(=C)C. The molecule has 0 aromatic heterocycles. The molecule has 0 unspecified atom stereocenters. The van der Waals surface area contributed by atoms with E-state index in [4.69, 9.17) is 9.47 Å². The van der Waals surface area contributed by atoms with Gasteiger partial charge in [-0.3, -0.25) is 4.79 Å². The van der Waals surface area contributed by atoms with Crippen molar-refractivity contribution in [1.82, 2.24) is 5.32 Å². The van der Waals surface area contributed by atoms with E-state index in [1.54, 1.807) is 6.92 Å². The molecule has 1 amide bonds. The largest absolute Gasteiger partial charge is 0.462 e. The summed E-state index contributed by atoms with van der Waals surface area (Å²) in [6.07, 6.45) is 18.9. The van der Waals surface area contributed by atoms with Gasteiger partial charge >= 0.3 is 18.0 Å². The maximum atomic E-state index is 11.7. The predicted octanol–water partition coefficient (Wildman–Crippen LogP) is 7.18. The molecule has 0 saturated heterocycles. The molecular weight excluding hydrogens is 418 g/mol. The third kappa shape index (κ3) is 22.9. The molecule has 0 saturated carbocycles. The first-order valence-electron chi connectivity index (χ1n) is 12.9. The van der Waals surface area contributed by atoms with E-state index in [1.165, 1.54) is 38.5 Å². The Labute approximate surface area is 201 Å². The smallest absolute Gasteiger partial charge is 0.414 e. The van der Waals surface area contributed by atoms with Gasteiger partial charge in [0.1, 0.15) is 0 Å². The van der Waals surface area contributed by atoms with Crippen LogP contribution in [0.25, 0.3) is 0 Å². The van der Waals surface area contributed by atoms with Gasteiger partial charge in [0.05, 0.1) is 6.61 Å². The van der Waals surface area contributed by atoms with Crippen LogP contribution in [0, 0.1) is 0 Å². The number of allylic oxidation sites excluding steroid dienone is 1. The van der Waals surface area contributed by atoms with Crippen molar-refractivity contribution in [3.05, 3.63) is 24.8 Å². The number of carbonyl (C=O) groups is 3. The van der Waals surface area contributed by atoms with Crippen LogP contribution in [0.2, 0.25) is 0 Å². The predicted molar refractivity (Wildman–Crippen MR) is 134 cm³/mol. The molecule has 0 aliphatic rings. The van der Waals surface area contributed by atoms with Crippen molar-refractivity contribution in [2.75, 3.05) is 13.2 Å². The molecule has 0 aliphatic carbocycles. The fraction of sp³-hybridized carbons (Fsp3) is 0.741. The van der Waals surface area contributed by atoms with Crippen molar-refractivity contribution in [3.8, 4) is 0 Å². The molecule has 190 valence electrons. The highest BCUT2D eigenvalue weighted by Crippen LogP contribution is 2.11. The monoisotopic (exact) mass is 465 g/mol. The second-order valence-electron chi connectivity index (χ2n) is 8.74. The highest BCUT2D eigenvalue weighted by molar-refractivity contribution is 5.86. The lowest BCUT2D eigenvalue weighted by molar-refractivity contribution is -0.139. The molecule has 0 spiro atoms. The van der Waals surface area contributed by atoms with Crippen LogP contribution in [-0.4, -0.2) is 31.2 Å². The van der Waals surface area contributed by atoms with Gasteiger partial charge in [-0.1, -0.05) is 83.3 Å². The van der Waals surface area contributed by atoms with E-state index in [9.17, 15) is 14.4 Å². The minimum Gasteiger partial charge on any atom is -0.462 e. The van der Waals surface area contributed by atoms with Gasteiger partial charge in [0.2, 0.25) is 0 Å². The number of hydrogen-bond donors (Lipinski definition) is 1. The summed E-state index contributed by atoms with van der Waals surface area (Å²) >= 11 is 0. The molecular formula is C27H47NO5. The first kappa shape index (κ1) is 30.9. The zero-order valence-corrected chi connectivity index (χ0v) is 21.0. The number of unbranched alkanes of at least 4 members (excludes halogenated alkanes) is 14. The van der Waals surface area contributed by atoms with Crippen LogP contribution >= 0.6 is 0 Å². The third-order valence-electron chi connectivity index (χ3n) is 5.42. The Morgan fingerprint density at radius 2 is 1.27 bits per heavy atom. The van der Waals surface area contributed by atoms with Crippen LogP contribution in [0.5, 0.6) is 0 Å². The zero-order valence-electron chi connectivity index (χ0n) is 21.0. The van der Waals surface area contributed by atoms with E-state index >= 15 is 0 Å². The molecule has 0 atom stereocenters. The molecule has 0 bridgehead atoms. The normalized spacial score (nSPS) is 10.5. The van der Waals surface area contributed by atoms with Crippen molar-refractivity contribution in [3.63, 3.8) is 0 Å². The summed E-state index contributed by atoms with van der Waals surface area (Å²) < 4.78 is 9.87. The Kier molecular flexibility index (Phi) is 21.6. The lowest BCUT2D eigenvalue weighted by Crippen LogP contribution is -2.27. The lowest BCUT2D eigenvalue weighted by atomic mass is 10.1. The van der Waals surface area contributed by atoms with E-state index < -0.39 is 12.1 Å². The molecule has 33 heavy (non-hydrogen) atoms. The van der Waals surface area contributed by atoms with Crippen LogP contribution in [0.3, 0.4) is 0 Å². The maximum Gasteiger partial charge on any atom is 0.414 e. The minimum atomic E-state index is -0.627. The van der Waals surface area contributed by atoms with E-state index in [2.05, 4.69) is 18.5 Å². The zero-order chi connectivity index (χ0) is 24.6. The Bertz CT molecular complexity index is 559. The van der Waals surface area contributed by atoms with E-state index in [-0.39, 0.29) is 5.97 Å².